The fraction of sp³-hybridized carbons (Fsp3) is 0.385. The zero-order valence-electron chi connectivity index (χ0n) is 22.5. The predicted molar refractivity (Wildman–Crippen MR) is 141 cm³/mol. The predicted octanol–water partition coefficient (Wildman–Crippen LogP) is 1.58. The summed E-state index contributed by atoms with van der Waals surface area (Å²) in [5, 5.41) is 2.54. The number of amides is 3. The SMILES string of the molecule is CCOC(=O)OCC1COC(=O)N1c1cc(F)c(N2CCN(C(=O)CNC(=O)c3cn4ccncc4n3)CC2)c(F)c1. The number of nitrogens with one attached hydrogen (secondary N) is 1. The first kappa shape index (κ1) is 28.5. The molecule has 2 fully saturated rings. The van der Waals surface area contributed by atoms with Crippen LogP contribution < -0.4 is 15.1 Å². The summed E-state index contributed by atoms with van der Waals surface area (Å²) >= 11 is 0. The molecule has 1 aromatic carbocycles. The maximum Gasteiger partial charge on any atom is 0.508 e. The van der Waals surface area contributed by atoms with Gasteiger partial charge in [-0.05, 0) is 6.92 Å². The molecule has 1 atom stereocenters. The van der Waals surface area contributed by atoms with Crippen molar-refractivity contribution in [2.24, 2.45) is 0 Å². The lowest BCUT2D eigenvalue weighted by Crippen LogP contribution is -2.51. The molecule has 3 aromatic rings. The summed E-state index contributed by atoms with van der Waals surface area (Å²) in [6.07, 6.45) is 4.45. The number of imidazole rings is 1. The smallest absolute Gasteiger partial charge is 0.447 e. The minimum atomic E-state index is -0.936. The number of benzene rings is 1. The van der Waals surface area contributed by atoms with Gasteiger partial charge in [0.05, 0.1) is 25.0 Å². The second kappa shape index (κ2) is 12.2. The Balaban J connectivity index is 1.17. The van der Waals surface area contributed by atoms with E-state index < -0.39 is 35.8 Å². The molecule has 14 nitrogen and oxygen atoms in total. The van der Waals surface area contributed by atoms with Crippen LogP contribution in [0.15, 0.2) is 36.9 Å². The van der Waals surface area contributed by atoms with E-state index in [1.54, 1.807) is 23.7 Å². The molecule has 2 aliphatic heterocycles. The number of hydrogen-bond acceptors (Lipinski definition) is 10. The third kappa shape index (κ3) is 6.01. The normalized spacial score (nSPS) is 16.9. The molecule has 0 saturated carbocycles. The molecule has 2 saturated heterocycles. The maximum atomic E-state index is 15.2. The average molecular weight is 588 g/mol. The molecule has 4 heterocycles. The van der Waals surface area contributed by atoms with Crippen LogP contribution in [-0.2, 0) is 19.0 Å². The standard InChI is InChI=1S/C26H27F2N7O7/c1-2-40-26(39)42-15-17-14-41-25(38)35(17)16-9-18(27)23(19(28)10-16)33-7-5-32(6-8-33)22(36)12-30-24(37)20-13-34-4-3-29-11-21(34)31-20/h3-4,9-11,13,17H,2,5-8,12,14-15H2,1H3,(H,30,37). The van der Waals surface area contributed by atoms with E-state index in [0.717, 1.165) is 17.0 Å². The van der Waals surface area contributed by atoms with Crippen molar-refractivity contribution in [2.75, 3.05) is 62.3 Å². The molecule has 2 aromatic heterocycles. The topological polar surface area (TPSA) is 148 Å². The number of rotatable bonds is 8. The third-order valence-electron chi connectivity index (χ3n) is 6.74. The number of carbonyl (C=O) groups is 4. The molecule has 2 aliphatic rings. The van der Waals surface area contributed by atoms with Gasteiger partial charge in [-0.2, -0.15) is 0 Å². The van der Waals surface area contributed by atoms with Crippen LogP contribution in [0.4, 0.5) is 29.7 Å². The van der Waals surface area contributed by atoms with Gasteiger partial charge < -0.3 is 33.7 Å². The van der Waals surface area contributed by atoms with E-state index in [1.165, 1.54) is 22.2 Å². The van der Waals surface area contributed by atoms with Crippen LogP contribution in [-0.4, -0.2) is 102 Å². The lowest BCUT2D eigenvalue weighted by molar-refractivity contribution is -0.130. The number of halogens is 2. The van der Waals surface area contributed by atoms with Crippen LogP contribution >= 0.6 is 0 Å². The van der Waals surface area contributed by atoms with E-state index in [4.69, 9.17) is 9.47 Å². The molecule has 0 radical (unpaired) electrons. The summed E-state index contributed by atoms with van der Waals surface area (Å²) < 4.78 is 46.7. The summed E-state index contributed by atoms with van der Waals surface area (Å²) in [5.41, 5.74) is 0.225. The van der Waals surface area contributed by atoms with Crippen molar-refractivity contribution in [2.45, 2.75) is 13.0 Å². The Kier molecular flexibility index (Phi) is 8.31. The molecule has 1 N–H and O–H groups in total. The van der Waals surface area contributed by atoms with Gasteiger partial charge in [-0.25, -0.2) is 23.4 Å². The van der Waals surface area contributed by atoms with Crippen LogP contribution in [0.25, 0.3) is 5.65 Å². The number of fused-ring (bicyclic) bond motifs is 1. The van der Waals surface area contributed by atoms with Gasteiger partial charge in [0.25, 0.3) is 5.91 Å². The Hall–Kier alpha value is -5.02. The van der Waals surface area contributed by atoms with Gasteiger partial charge in [-0.1, -0.05) is 0 Å². The second-order valence-electron chi connectivity index (χ2n) is 9.37. The Bertz CT molecular complexity index is 1450. The Morgan fingerprint density at radius 2 is 1.86 bits per heavy atom. The zero-order valence-corrected chi connectivity index (χ0v) is 22.5. The minimum Gasteiger partial charge on any atom is -0.447 e. The Labute approximate surface area is 237 Å². The Morgan fingerprint density at radius 3 is 2.55 bits per heavy atom. The van der Waals surface area contributed by atoms with Crippen molar-refractivity contribution in [3.8, 4) is 0 Å². The van der Waals surface area contributed by atoms with Crippen molar-refractivity contribution in [1.29, 1.82) is 0 Å². The molecule has 5 rings (SSSR count). The number of ether oxygens (including phenoxy) is 3. The molecular weight excluding hydrogens is 560 g/mol. The van der Waals surface area contributed by atoms with Gasteiger partial charge in [0.15, 0.2) is 17.3 Å². The summed E-state index contributed by atoms with van der Waals surface area (Å²) in [6.45, 7) is 1.60. The highest BCUT2D eigenvalue weighted by atomic mass is 19.1. The molecular formula is C26H27F2N7O7. The fourth-order valence-electron chi connectivity index (χ4n) is 4.71. The monoisotopic (exact) mass is 587 g/mol. The number of anilines is 2. The van der Waals surface area contributed by atoms with E-state index in [2.05, 4.69) is 20.0 Å². The van der Waals surface area contributed by atoms with Gasteiger partial charge in [-0.15, -0.1) is 0 Å². The highest BCUT2D eigenvalue weighted by Crippen LogP contribution is 2.32. The first-order valence-electron chi connectivity index (χ1n) is 13.1. The van der Waals surface area contributed by atoms with Gasteiger partial charge in [0, 0.05) is 56.9 Å². The van der Waals surface area contributed by atoms with E-state index in [1.807, 2.05) is 0 Å². The first-order valence-corrected chi connectivity index (χ1v) is 13.1. The fourth-order valence-corrected chi connectivity index (χ4v) is 4.71. The lowest BCUT2D eigenvalue weighted by Gasteiger charge is -2.36. The van der Waals surface area contributed by atoms with E-state index in [-0.39, 0.29) is 75.5 Å². The van der Waals surface area contributed by atoms with E-state index in [0.29, 0.717) is 5.65 Å². The number of hydrogen-bond donors (Lipinski definition) is 1. The molecule has 0 aliphatic carbocycles. The van der Waals surface area contributed by atoms with E-state index in [9.17, 15) is 19.2 Å². The van der Waals surface area contributed by atoms with Crippen LogP contribution in [0.3, 0.4) is 0 Å². The second-order valence-corrected chi connectivity index (χ2v) is 9.37. The lowest BCUT2D eigenvalue weighted by atomic mass is 10.1. The van der Waals surface area contributed by atoms with Gasteiger partial charge in [0.1, 0.15) is 30.6 Å². The minimum absolute atomic E-state index is 0.0971. The van der Waals surface area contributed by atoms with Gasteiger partial charge in [-0.3, -0.25) is 19.5 Å². The summed E-state index contributed by atoms with van der Waals surface area (Å²) in [4.78, 5) is 61.0. The largest absolute Gasteiger partial charge is 0.508 e. The average Bonchev–Trinajstić information content (AvgIpc) is 3.58. The summed E-state index contributed by atoms with van der Waals surface area (Å²) in [6, 6.07) is 1.21. The number of aromatic nitrogens is 3. The van der Waals surface area contributed by atoms with Gasteiger partial charge in [0.2, 0.25) is 5.91 Å². The van der Waals surface area contributed by atoms with E-state index >= 15 is 8.78 Å². The molecule has 0 bridgehead atoms. The maximum absolute atomic E-state index is 15.2. The van der Waals surface area contributed by atoms with Crippen molar-refractivity contribution in [3.63, 3.8) is 0 Å². The molecule has 1 unspecified atom stereocenters. The zero-order chi connectivity index (χ0) is 29.8. The van der Waals surface area contributed by atoms with Crippen LogP contribution in [0.5, 0.6) is 0 Å². The van der Waals surface area contributed by atoms with Crippen LogP contribution in [0.2, 0.25) is 0 Å². The number of carbonyl (C=O) groups excluding carboxylic acids is 4. The third-order valence-corrected chi connectivity index (χ3v) is 6.74. The van der Waals surface area contributed by atoms with Crippen molar-refractivity contribution in [3.05, 3.63) is 54.2 Å². The Morgan fingerprint density at radius 1 is 1.12 bits per heavy atom. The van der Waals surface area contributed by atoms with Crippen LogP contribution in [0, 0.1) is 11.6 Å². The number of piperazine rings is 1. The molecule has 42 heavy (non-hydrogen) atoms. The number of nitrogens with zero attached hydrogens (tertiary/aromatic N) is 6. The first-order chi connectivity index (χ1) is 20.2. The van der Waals surface area contributed by atoms with Crippen molar-refractivity contribution >= 4 is 41.1 Å². The highest BCUT2D eigenvalue weighted by molar-refractivity contribution is 5.95. The van der Waals surface area contributed by atoms with Crippen LogP contribution in [0.1, 0.15) is 17.4 Å². The summed E-state index contributed by atoms with van der Waals surface area (Å²) in [5.74, 6) is -2.70. The molecule has 16 heteroatoms. The van der Waals surface area contributed by atoms with Crippen molar-refractivity contribution in [1.82, 2.24) is 24.6 Å². The highest BCUT2D eigenvalue weighted by Gasteiger charge is 2.37. The summed E-state index contributed by atoms with van der Waals surface area (Å²) in [7, 11) is 0. The molecule has 3 amide bonds. The van der Waals surface area contributed by atoms with Crippen molar-refractivity contribution < 1.29 is 42.2 Å². The molecule has 222 valence electrons. The molecule has 0 spiro atoms. The quantitative estimate of drug-likeness (QED) is 0.385. The van der Waals surface area contributed by atoms with Gasteiger partial charge >= 0.3 is 12.2 Å². The number of cyclic esters (lactones) is 1.